The molecule has 5 heteroatoms. The molecule has 3 nitrogen and oxygen atoms in total. The molecule has 0 aliphatic carbocycles. The van der Waals surface area contributed by atoms with Crippen molar-refractivity contribution in [1.29, 1.82) is 0 Å². The zero-order chi connectivity index (χ0) is 4.28. The average Bonchev–Trinajstić information content (AvgIpc) is 1.38. The van der Waals surface area contributed by atoms with Crippen molar-refractivity contribution in [3.8, 4) is 0 Å². The second-order valence-electron chi connectivity index (χ2n) is 0.281. The minimum atomic E-state index is -2.66. The van der Waals surface area contributed by atoms with Crippen molar-refractivity contribution in [2.24, 2.45) is 0 Å². The molecule has 0 radical (unpaired) electrons. The van der Waals surface area contributed by atoms with E-state index in [9.17, 15) is 0 Å². The van der Waals surface area contributed by atoms with Crippen molar-refractivity contribution in [3.63, 3.8) is 0 Å². The van der Waals surface area contributed by atoms with E-state index in [0.29, 0.717) is 0 Å². The van der Waals surface area contributed by atoms with Gasteiger partial charge in [0, 0.05) is 0 Å². The van der Waals surface area contributed by atoms with E-state index in [1.807, 2.05) is 19.6 Å². The van der Waals surface area contributed by atoms with Gasteiger partial charge in [0.15, 0.2) is 0 Å². The van der Waals surface area contributed by atoms with Gasteiger partial charge in [-0.15, -0.1) is 0 Å². The van der Waals surface area contributed by atoms with Crippen molar-refractivity contribution in [3.05, 3.63) is 0 Å². The van der Waals surface area contributed by atoms with Crippen molar-refractivity contribution in [2.75, 3.05) is 0 Å². The predicted molar refractivity (Wildman–Crippen MR) is 11.4 cm³/mol. The topological polar surface area (TPSA) is 43.4 Å². The molecule has 0 bridgehead atoms. The maximum atomic E-state index is 9.15. The first-order valence-corrected chi connectivity index (χ1v) is 2.41. The second kappa shape index (κ2) is 2.79. The Bertz CT molecular complexity index is 65.0. The first kappa shape index (κ1) is 5.57. The monoisotopic (exact) mass is 187 g/mol. The quantitative estimate of drug-likeness (QED) is 0.423. The Balaban J connectivity index is 3.23. The van der Waals surface area contributed by atoms with Gasteiger partial charge >= 0.3 is 41.9 Å². The van der Waals surface area contributed by atoms with Crippen molar-refractivity contribution in [1.82, 2.24) is 0 Å². The van der Waals surface area contributed by atoms with Crippen LogP contribution in [0.5, 0.6) is 0 Å². The molecule has 0 saturated carbocycles. The van der Waals surface area contributed by atoms with Crippen LogP contribution < -0.4 is 0 Å². The first-order valence-electron chi connectivity index (χ1n) is 0.677. The van der Waals surface area contributed by atoms with Gasteiger partial charge in [0.2, 0.25) is 0 Å². The van der Waals surface area contributed by atoms with Crippen molar-refractivity contribution >= 4 is 11.0 Å². The molecular formula is HO3PdS. The van der Waals surface area contributed by atoms with Gasteiger partial charge in [-0.05, 0) is 0 Å². The van der Waals surface area contributed by atoms with E-state index in [4.69, 9.17) is 8.42 Å². The van der Waals surface area contributed by atoms with Gasteiger partial charge < -0.3 is 0 Å². The molecule has 0 aliphatic heterocycles. The predicted octanol–water partition coefficient (Wildman–Crippen LogP) is -1.01. The first-order chi connectivity index (χ1) is 2.27. The molecule has 0 fully saturated rings. The van der Waals surface area contributed by atoms with Gasteiger partial charge in [-0.2, -0.15) is 0 Å². The summed E-state index contributed by atoms with van der Waals surface area (Å²) in [6.07, 6.45) is 0. The van der Waals surface area contributed by atoms with Crippen LogP contribution in [-0.4, -0.2) is 8.42 Å². The number of rotatable bonds is 1. The van der Waals surface area contributed by atoms with Gasteiger partial charge in [0.1, 0.15) is 0 Å². The molecule has 0 N–H and O–H groups in total. The summed E-state index contributed by atoms with van der Waals surface area (Å²) >= 11 is 1.99. The Hall–Kier alpha value is 0.572. The zero-order valence-electron chi connectivity index (χ0n) is 1.99. The summed E-state index contributed by atoms with van der Waals surface area (Å²) in [5.74, 6) is 0. The number of hydrogen-bond donors (Lipinski definition) is 1. The molecule has 0 aromatic rings. The third-order valence-electron chi connectivity index (χ3n) is 0.0471. The van der Waals surface area contributed by atoms with Crippen LogP contribution in [0.4, 0.5) is 0 Å². The van der Waals surface area contributed by atoms with Crippen LogP contribution >= 0.6 is 0 Å². The van der Waals surface area contributed by atoms with Crippen LogP contribution in [-0.2, 0) is 33.5 Å². The average molecular weight is 187 g/mol. The Morgan fingerprint density at radius 2 is 1.80 bits per heavy atom. The standard InChI is InChI=1S/H2O3S.Pd/c1-4(2)3;/h4H,(H,1,2,3);/q;+1/p-1. The van der Waals surface area contributed by atoms with E-state index in [2.05, 4.69) is 2.91 Å². The molecule has 0 amide bonds. The van der Waals surface area contributed by atoms with Gasteiger partial charge in [-0.3, -0.25) is 0 Å². The fraction of sp³-hybridized carbons (Fsp3) is 0. The molecular weight excluding hydrogens is 186 g/mol. The molecule has 0 unspecified atom stereocenters. The van der Waals surface area contributed by atoms with Gasteiger partial charge in [0.25, 0.3) is 0 Å². The Morgan fingerprint density at radius 1 is 1.60 bits per heavy atom. The Labute approximate surface area is 42.3 Å². The van der Waals surface area contributed by atoms with Crippen LogP contribution in [0.3, 0.4) is 0 Å². The summed E-state index contributed by atoms with van der Waals surface area (Å²) < 4.78 is 21.8. The van der Waals surface area contributed by atoms with Gasteiger partial charge in [0.05, 0.1) is 0 Å². The summed E-state index contributed by atoms with van der Waals surface area (Å²) in [5.41, 5.74) is 0. The zero-order valence-corrected chi connectivity index (χ0v) is 4.44. The number of thiol groups is 1. The van der Waals surface area contributed by atoms with Crippen LogP contribution in [0, 0.1) is 0 Å². The molecule has 0 heterocycles. The molecule has 0 saturated heterocycles. The summed E-state index contributed by atoms with van der Waals surface area (Å²) in [5, 5.41) is 0. The van der Waals surface area contributed by atoms with Crippen LogP contribution in [0.25, 0.3) is 0 Å². The third-order valence-corrected chi connectivity index (χ3v) is 0.837. The molecule has 0 spiro atoms. The van der Waals surface area contributed by atoms with E-state index in [1.165, 1.54) is 0 Å². The molecule has 0 aromatic heterocycles. The van der Waals surface area contributed by atoms with Crippen LogP contribution in [0.2, 0.25) is 0 Å². The van der Waals surface area contributed by atoms with E-state index >= 15 is 0 Å². The minimum absolute atomic E-state index is 1.99. The Morgan fingerprint density at radius 3 is 1.80 bits per heavy atom. The van der Waals surface area contributed by atoms with Crippen LogP contribution in [0.15, 0.2) is 0 Å². The van der Waals surface area contributed by atoms with Gasteiger partial charge in [-0.1, -0.05) is 0 Å². The molecule has 0 atom stereocenters. The summed E-state index contributed by atoms with van der Waals surface area (Å²) in [6, 6.07) is 0. The molecule has 0 aliphatic rings. The van der Waals surface area contributed by atoms with Crippen LogP contribution in [0.1, 0.15) is 0 Å². The fourth-order valence-electron chi connectivity index (χ4n) is 0. The SMILES string of the molecule is O=[SH](=O)[O][Pd]. The normalized spacial score (nSPS) is 9.40. The summed E-state index contributed by atoms with van der Waals surface area (Å²) in [6.45, 7) is 0. The summed E-state index contributed by atoms with van der Waals surface area (Å²) in [4.78, 5) is 0. The second-order valence-corrected chi connectivity index (χ2v) is 1.70. The molecule has 0 rings (SSSR count). The molecule has 5 heavy (non-hydrogen) atoms. The maximum absolute atomic E-state index is 9.15. The van der Waals surface area contributed by atoms with Gasteiger partial charge in [-0.25, -0.2) is 0 Å². The Kier molecular flexibility index (Phi) is 3.11. The van der Waals surface area contributed by atoms with Crippen molar-refractivity contribution in [2.45, 2.75) is 0 Å². The van der Waals surface area contributed by atoms with E-state index in [0.717, 1.165) is 0 Å². The van der Waals surface area contributed by atoms with E-state index < -0.39 is 11.0 Å². The fourth-order valence-corrected chi connectivity index (χ4v) is 0. The molecule has 35 valence electrons. The van der Waals surface area contributed by atoms with Crippen molar-refractivity contribution < 1.29 is 30.9 Å². The number of hydrogen-bond acceptors (Lipinski definition) is 3. The third kappa shape index (κ3) is 4.57. The van der Waals surface area contributed by atoms with E-state index in [-0.39, 0.29) is 0 Å². The van der Waals surface area contributed by atoms with E-state index in [1.54, 1.807) is 0 Å². The summed E-state index contributed by atoms with van der Waals surface area (Å²) in [7, 11) is -2.66. The molecule has 0 aromatic carbocycles.